The van der Waals surface area contributed by atoms with Gasteiger partial charge >= 0.3 is 6.09 Å². The lowest BCUT2D eigenvalue weighted by Gasteiger charge is -2.29. The molecule has 0 radical (unpaired) electrons. The molecule has 3 aliphatic carbocycles. The number of aromatic nitrogens is 4. The Morgan fingerprint density at radius 3 is 2.65 bits per heavy atom. The fourth-order valence-electron chi connectivity index (χ4n) is 10.3. The Kier molecular flexibility index (Phi) is 11.4. The summed E-state index contributed by atoms with van der Waals surface area (Å²) in [5, 5.41) is 10.3. The number of aromatic amines is 2. The van der Waals surface area contributed by atoms with E-state index in [1.165, 1.54) is 12.7 Å². The summed E-state index contributed by atoms with van der Waals surface area (Å²) < 4.78 is 10.1. The zero-order valence-electron chi connectivity index (χ0n) is 36.0. The second-order valence-corrected chi connectivity index (χ2v) is 17.3. The highest BCUT2D eigenvalue weighted by Crippen LogP contribution is 2.48. The van der Waals surface area contributed by atoms with Crippen LogP contribution in [0.4, 0.5) is 4.79 Å². The van der Waals surface area contributed by atoms with Gasteiger partial charge in [0.1, 0.15) is 17.7 Å². The minimum absolute atomic E-state index is 0.0408. The minimum atomic E-state index is -0.862. The average molecular weight is 837 g/mol. The van der Waals surface area contributed by atoms with E-state index in [1.807, 2.05) is 31.2 Å². The molecule has 0 spiro atoms. The number of imidazole rings is 2. The topological polar surface area (TPSA) is 158 Å². The molecule has 3 aromatic carbocycles. The first-order chi connectivity index (χ1) is 30.1. The van der Waals surface area contributed by atoms with E-state index < -0.39 is 12.1 Å². The average Bonchev–Trinajstić information content (AvgIpc) is 3.99. The van der Waals surface area contributed by atoms with Gasteiger partial charge in [-0.25, -0.2) is 14.8 Å². The number of carbonyl (C=O) groups excluding carboxylic acids is 3. The Bertz CT molecular complexity index is 2770. The molecule has 2 unspecified atom stereocenters. The third kappa shape index (κ3) is 7.84. The monoisotopic (exact) mass is 836 g/mol. The summed E-state index contributed by atoms with van der Waals surface area (Å²) in [6.07, 6.45) is 16.7. The lowest BCUT2D eigenvalue weighted by atomic mass is 9.87. The molecular weight excluding hydrogens is 781 g/mol. The molecule has 1 saturated carbocycles. The molecular formula is C49H56N8O5. The molecule has 2 fully saturated rings. The predicted octanol–water partition coefficient (Wildman–Crippen LogP) is 6.48. The van der Waals surface area contributed by atoms with Crippen LogP contribution in [0.1, 0.15) is 88.0 Å². The van der Waals surface area contributed by atoms with Crippen molar-refractivity contribution >= 4 is 62.9 Å². The molecule has 13 nitrogen and oxygen atoms in total. The van der Waals surface area contributed by atoms with Crippen molar-refractivity contribution in [3.8, 4) is 0 Å². The number of methoxy groups -OCH3 is 2. The fraction of sp³-hybridized carbons (Fsp3) is 0.408. The predicted molar refractivity (Wildman–Crippen MR) is 241 cm³/mol. The standard InChI is InChI=1S/C49H56N8O5/c1-6-21-56(48(59)43(55-49(60)62-5)34-10-7-9-28(2)22-34)27-41-51-39-19-15-32-23-30(13-17-37(32)44(39)53-41)31-14-18-38-33(24-31)16-20-40-45(38)54-47(52-40)46-35-11-8-12-36(25-35)57(46)42(58)26-50-29(3)61-4/h7,10,14-20,22-24,28,30,35-36,43,46,50H,3,6,8-9,11-13,21,25-27H2,1-2,4-5H3,(H,51,53)(H,52,54)(H,55,60)/t28?,30?,35-,36+,43+,46-/m0/s1. The third-order valence-corrected chi connectivity index (χ3v) is 13.2. The van der Waals surface area contributed by atoms with Crippen LogP contribution < -0.4 is 21.1 Å². The molecule has 2 aromatic heterocycles. The summed E-state index contributed by atoms with van der Waals surface area (Å²) in [7, 11) is 2.85. The van der Waals surface area contributed by atoms with Gasteiger partial charge in [-0.05, 0) is 90.8 Å². The van der Waals surface area contributed by atoms with Gasteiger partial charge in [-0.2, -0.15) is 0 Å². The Morgan fingerprint density at radius 1 is 1.00 bits per heavy atom. The highest BCUT2D eigenvalue weighted by Gasteiger charge is 2.47. The van der Waals surface area contributed by atoms with Crippen molar-refractivity contribution in [2.75, 3.05) is 27.3 Å². The summed E-state index contributed by atoms with van der Waals surface area (Å²) in [5.41, 5.74) is 5.69. The van der Waals surface area contributed by atoms with Crippen LogP contribution >= 0.6 is 0 Å². The van der Waals surface area contributed by atoms with Crippen LogP contribution in [-0.2, 0) is 25.6 Å². The molecule has 9 rings (SSSR count). The minimum Gasteiger partial charge on any atom is -0.483 e. The van der Waals surface area contributed by atoms with E-state index in [4.69, 9.17) is 19.4 Å². The lowest BCUT2D eigenvalue weighted by Crippen LogP contribution is -2.49. The Balaban J connectivity index is 0.959. The summed E-state index contributed by atoms with van der Waals surface area (Å²) >= 11 is 0. The fourth-order valence-corrected chi connectivity index (χ4v) is 10.3. The molecule has 2 bridgehead atoms. The number of amides is 3. The maximum atomic E-state index is 14.1. The van der Waals surface area contributed by atoms with Crippen LogP contribution in [0.2, 0.25) is 0 Å². The normalized spacial score (nSPS) is 22.0. The molecule has 4 N–H and O–H groups in total. The quantitative estimate of drug-likeness (QED) is 0.0983. The summed E-state index contributed by atoms with van der Waals surface area (Å²) in [5.74, 6) is 2.58. The van der Waals surface area contributed by atoms with Crippen molar-refractivity contribution in [3.63, 3.8) is 0 Å². The summed E-state index contributed by atoms with van der Waals surface area (Å²) in [6, 6.07) is 14.4. The number of ether oxygens (including phenoxy) is 2. The molecule has 4 aliphatic rings. The number of carbonyl (C=O) groups is 3. The Labute approximate surface area is 361 Å². The number of allylic oxidation sites excluding steroid dienone is 2. The molecule has 1 saturated heterocycles. The Hall–Kier alpha value is -6.37. The van der Waals surface area contributed by atoms with E-state index in [1.54, 1.807) is 12.0 Å². The first-order valence-electron chi connectivity index (χ1n) is 22.0. The van der Waals surface area contributed by atoms with Gasteiger partial charge in [0.2, 0.25) is 11.8 Å². The number of H-pyrrole nitrogens is 2. The van der Waals surface area contributed by atoms with E-state index in [2.05, 4.69) is 87.6 Å². The van der Waals surface area contributed by atoms with E-state index >= 15 is 0 Å². The number of fused-ring (bicyclic) bond motifs is 8. The van der Waals surface area contributed by atoms with Gasteiger partial charge in [-0.3, -0.25) is 9.59 Å². The van der Waals surface area contributed by atoms with Crippen molar-refractivity contribution in [1.29, 1.82) is 0 Å². The van der Waals surface area contributed by atoms with E-state index in [0.717, 1.165) is 99.6 Å². The molecule has 6 atom stereocenters. The van der Waals surface area contributed by atoms with Gasteiger partial charge in [0.25, 0.3) is 0 Å². The number of hydrogen-bond donors (Lipinski definition) is 4. The largest absolute Gasteiger partial charge is 0.483 e. The number of rotatable bonds is 13. The highest BCUT2D eigenvalue weighted by molar-refractivity contribution is 6.04. The first kappa shape index (κ1) is 41.0. The second-order valence-electron chi connectivity index (χ2n) is 17.3. The van der Waals surface area contributed by atoms with Crippen molar-refractivity contribution in [3.05, 3.63) is 106 Å². The molecule has 322 valence electrons. The zero-order valence-corrected chi connectivity index (χ0v) is 36.0. The van der Waals surface area contributed by atoms with Crippen LogP contribution in [0.15, 0.2) is 78.7 Å². The lowest BCUT2D eigenvalue weighted by molar-refractivity contribution is -0.134. The van der Waals surface area contributed by atoms with Gasteiger partial charge in [0.05, 0.1) is 55.4 Å². The zero-order chi connectivity index (χ0) is 43.1. The van der Waals surface area contributed by atoms with Crippen LogP contribution in [0.5, 0.6) is 0 Å². The van der Waals surface area contributed by atoms with Crippen LogP contribution in [0, 0.1) is 11.8 Å². The number of nitrogens with zero attached hydrogens (tertiary/aromatic N) is 4. The molecule has 62 heavy (non-hydrogen) atoms. The number of alkyl carbamates (subject to hydrolysis) is 1. The van der Waals surface area contributed by atoms with Gasteiger partial charge in [-0.15, -0.1) is 0 Å². The van der Waals surface area contributed by atoms with Crippen LogP contribution in [-0.4, -0.2) is 87.0 Å². The van der Waals surface area contributed by atoms with Crippen molar-refractivity contribution in [2.45, 2.75) is 89.4 Å². The maximum absolute atomic E-state index is 14.1. The first-order valence-corrected chi connectivity index (χ1v) is 22.0. The highest BCUT2D eigenvalue weighted by atomic mass is 16.5. The Morgan fingerprint density at radius 2 is 1.84 bits per heavy atom. The van der Waals surface area contributed by atoms with E-state index in [-0.39, 0.29) is 48.8 Å². The van der Waals surface area contributed by atoms with Crippen LogP contribution in [0.25, 0.3) is 45.0 Å². The number of nitrogens with one attached hydrogen (secondary N) is 4. The third-order valence-electron chi connectivity index (χ3n) is 13.2. The van der Waals surface area contributed by atoms with Crippen LogP contribution in [0.3, 0.4) is 0 Å². The number of hydrogen-bond acceptors (Lipinski definition) is 8. The molecule has 13 heteroatoms. The van der Waals surface area contributed by atoms with Gasteiger partial charge in [-0.1, -0.05) is 81.0 Å². The van der Waals surface area contributed by atoms with E-state index in [9.17, 15) is 14.4 Å². The number of benzene rings is 3. The van der Waals surface area contributed by atoms with Crippen molar-refractivity contribution < 1.29 is 23.9 Å². The van der Waals surface area contributed by atoms with Crippen molar-refractivity contribution in [2.24, 2.45) is 11.8 Å². The molecule has 3 amide bonds. The van der Waals surface area contributed by atoms with Gasteiger partial charge < -0.3 is 39.9 Å². The molecule has 5 aromatic rings. The van der Waals surface area contributed by atoms with Gasteiger partial charge in [0, 0.05) is 29.1 Å². The maximum Gasteiger partial charge on any atom is 0.407 e. The summed E-state index contributed by atoms with van der Waals surface area (Å²) in [6.45, 7) is 8.87. The van der Waals surface area contributed by atoms with E-state index in [0.29, 0.717) is 24.2 Å². The second kappa shape index (κ2) is 17.2. The summed E-state index contributed by atoms with van der Waals surface area (Å²) in [4.78, 5) is 61.3. The molecule has 3 heterocycles. The smallest absolute Gasteiger partial charge is 0.407 e. The number of likely N-dealkylation sites (tertiary alicyclic amines) is 1. The SMILES string of the molecule is C=C(NCC(=O)N1[C@@H]2CCC[C@@H](C2)[C@H]1c1nc2ccc3cc(C4C=c5ccc6nc(CN(CCC)C(=O)[C@H](NC(=O)OC)C7=CC(C)CC=C7)[nH]c6c5=CC4)ccc3c2[nH]1)OC. The molecule has 1 aliphatic heterocycles. The van der Waals surface area contributed by atoms with Gasteiger partial charge in [0.15, 0.2) is 5.88 Å². The van der Waals surface area contributed by atoms with Crippen molar-refractivity contribution in [1.82, 2.24) is 40.4 Å².